The average molecular weight is 258 g/mol. The predicted molar refractivity (Wildman–Crippen MR) is 71.8 cm³/mol. The van der Waals surface area contributed by atoms with Gasteiger partial charge in [0, 0.05) is 37.1 Å². The maximum Gasteiger partial charge on any atom is 0.250 e. The smallest absolute Gasteiger partial charge is 0.250 e. The van der Waals surface area contributed by atoms with Crippen LogP contribution >= 0.6 is 0 Å². The van der Waals surface area contributed by atoms with Crippen LogP contribution in [0.3, 0.4) is 0 Å². The Kier molecular flexibility index (Phi) is 3.10. The molecule has 0 aliphatic carbocycles. The SMILES string of the molecule is O=c1ccccn1CCNc1ccc2c(c1)OCO2. The van der Waals surface area contributed by atoms with E-state index in [4.69, 9.17) is 9.47 Å². The van der Waals surface area contributed by atoms with Gasteiger partial charge in [0.25, 0.3) is 5.56 Å². The molecule has 0 saturated carbocycles. The third kappa shape index (κ3) is 2.54. The highest BCUT2D eigenvalue weighted by molar-refractivity contribution is 5.55. The summed E-state index contributed by atoms with van der Waals surface area (Å²) in [6.45, 7) is 1.57. The lowest BCUT2D eigenvalue weighted by atomic mass is 10.3. The lowest BCUT2D eigenvalue weighted by molar-refractivity contribution is 0.174. The normalized spacial score (nSPS) is 12.4. The van der Waals surface area contributed by atoms with Gasteiger partial charge in [-0.15, -0.1) is 0 Å². The number of aromatic nitrogens is 1. The minimum Gasteiger partial charge on any atom is -0.454 e. The van der Waals surface area contributed by atoms with E-state index in [9.17, 15) is 4.79 Å². The van der Waals surface area contributed by atoms with Crippen LogP contribution in [0.15, 0.2) is 47.4 Å². The van der Waals surface area contributed by atoms with Crippen molar-refractivity contribution < 1.29 is 9.47 Å². The fraction of sp³-hybridized carbons (Fsp3) is 0.214. The Bertz CT molecular complexity index is 637. The summed E-state index contributed by atoms with van der Waals surface area (Å²) in [4.78, 5) is 11.5. The van der Waals surface area contributed by atoms with Gasteiger partial charge in [-0.3, -0.25) is 4.79 Å². The summed E-state index contributed by atoms with van der Waals surface area (Å²) in [5, 5.41) is 3.25. The van der Waals surface area contributed by atoms with Crippen molar-refractivity contribution in [1.82, 2.24) is 4.57 Å². The fourth-order valence-corrected chi connectivity index (χ4v) is 1.97. The molecule has 2 aromatic rings. The zero-order valence-corrected chi connectivity index (χ0v) is 10.3. The molecule has 19 heavy (non-hydrogen) atoms. The van der Waals surface area contributed by atoms with Crippen LogP contribution in [-0.4, -0.2) is 17.9 Å². The van der Waals surface area contributed by atoms with Crippen LogP contribution in [0.2, 0.25) is 0 Å². The monoisotopic (exact) mass is 258 g/mol. The molecule has 1 N–H and O–H groups in total. The van der Waals surface area contributed by atoms with Gasteiger partial charge in [0.2, 0.25) is 6.79 Å². The highest BCUT2D eigenvalue weighted by Gasteiger charge is 2.12. The number of ether oxygens (including phenoxy) is 2. The van der Waals surface area contributed by atoms with Crippen molar-refractivity contribution in [1.29, 1.82) is 0 Å². The first-order valence-corrected chi connectivity index (χ1v) is 6.12. The van der Waals surface area contributed by atoms with E-state index in [0.717, 1.165) is 17.2 Å². The van der Waals surface area contributed by atoms with Gasteiger partial charge in [-0.1, -0.05) is 6.07 Å². The first kappa shape index (κ1) is 11.6. The lowest BCUT2D eigenvalue weighted by Crippen LogP contribution is -2.21. The number of nitrogens with zero attached hydrogens (tertiary/aromatic N) is 1. The van der Waals surface area contributed by atoms with Crippen LogP contribution in [0.25, 0.3) is 0 Å². The van der Waals surface area contributed by atoms with Crippen molar-refractivity contribution in [3.05, 3.63) is 52.9 Å². The molecule has 0 radical (unpaired) electrons. The first-order chi connectivity index (χ1) is 9.33. The van der Waals surface area contributed by atoms with E-state index < -0.39 is 0 Å². The molecule has 0 bridgehead atoms. The van der Waals surface area contributed by atoms with E-state index in [1.165, 1.54) is 0 Å². The van der Waals surface area contributed by atoms with Crippen LogP contribution in [0.1, 0.15) is 0 Å². The number of fused-ring (bicyclic) bond motifs is 1. The molecule has 0 atom stereocenters. The predicted octanol–water partition coefficient (Wildman–Crippen LogP) is 1.69. The molecule has 5 heteroatoms. The minimum atomic E-state index is 0.00925. The summed E-state index contributed by atoms with van der Waals surface area (Å²) in [7, 11) is 0. The van der Waals surface area contributed by atoms with Crippen LogP contribution in [0.5, 0.6) is 11.5 Å². The molecule has 98 valence electrons. The van der Waals surface area contributed by atoms with Crippen LogP contribution in [-0.2, 0) is 6.54 Å². The molecule has 0 saturated heterocycles. The number of nitrogens with one attached hydrogen (secondary N) is 1. The summed E-state index contributed by atoms with van der Waals surface area (Å²) in [5.74, 6) is 1.52. The summed E-state index contributed by atoms with van der Waals surface area (Å²) in [5.41, 5.74) is 0.961. The van der Waals surface area contributed by atoms with E-state index in [2.05, 4.69) is 5.32 Å². The van der Waals surface area contributed by atoms with Crippen molar-refractivity contribution in [2.75, 3.05) is 18.7 Å². The Morgan fingerprint density at radius 2 is 2.05 bits per heavy atom. The van der Waals surface area contributed by atoms with Crippen molar-refractivity contribution in [3.8, 4) is 11.5 Å². The molecule has 3 rings (SSSR count). The number of pyridine rings is 1. The largest absolute Gasteiger partial charge is 0.454 e. The summed E-state index contributed by atoms with van der Waals surface area (Å²) in [6, 6.07) is 10.9. The molecule has 0 amide bonds. The standard InChI is InChI=1S/C14H14N2O3/c17-14-3-1-2-7-16(14)8-6-15-11-4-5-12-13(9-11)19-10-18-12/h1-5,7,9,15H,6,8,10H2. The quantitative estimate of drug-likeness (QED) is 0.906. The molecular weight excluding hydrogens is 244 g/mol. The molecule has 1 aromatic heterocycles. The molecule has 0 spiro atoms. The zero-order valence-electron chi connectivity index (χ0n) is 10.3. The molecule has 1 aliphatic rings. The Balaban J connectivity index is 1.61. The van der Waals surface area contributed by atoms with Crippen molar-refractivity contribution in [3.63, 3.8) is 0 Å². The van der Waals surface area contributed by atoms with Gasteiger partial charge >= 0.3 is 0 Å². The van der Waals surface area contributed by atoms with Gasteiger partial charge in [-0.05, 0) is 18.2 Å². The summed E-state index contributed by atoms with van der Waals surface area (Å²) >= 11 is 0. The molecule has 1 aliphatic heterocycles. The zero-order chi connectivity index (χ0) is 13.1. The fourth-order valence-electron chi connectivity index (χ4n) is 1.97. The van der Waals surface area contributed by atoms with Crippen LogP contribution in [0, 0.1) is 0 Å². The number of benzene rings is 1. The summed E-state index contributed by atoms with van der Waals surface area (Å²) < 4.78 is 12.2. The number of rotatable bonds is 4. The van der Waals surface area contributed by atoms with E-state index in [-0.39, 0.29) is 12.4 Å². The van der Waals surface area contributed by atoms with Gasteiger partial charge in [0.05, 0.1) is 0 Å². The Labute approximate surface area is 110 Å². The van der Waals surface area contributed by atoms with E-state index >= 15 is 0 Å². The maximum absolute atomic E-state index is 11.5. The first-order valence-electron chi connectivity index (χ1n) is 6.12. The van der Waals surface area contributed by atoms with Crippen molar-refractivity contribution in [2.45, 2.75) is 6.54 Å². The van der Waals surface area contributed by atoms with Crippen molar-refractivity contribution in [2.24, 2.45) is 0 Å². The summed E-state index contributed by atoms with van der Waals surface area (Å²) in [6.07, 6.45) is 1.78. The van der Waals surface area contributed by atoms with Gasteiger partial charge in [-0.25, -0.2) is 0 Å². The second kappa shape index (κ2) is 5.06. The van der Waals surface area contributed by atoms with Gasteiger partial charge in [0.1, 0.15) is 0 Å². The second-order valence-corrected chi connectivity index (χ2v) is 4.23. The number of anilines is 1. The van der Waals surface area contributed by atoms with E-state index in [1.54, 1.807) is 22.9 Å². The molecule has 0 fully saturated rings. The Morgan fingerprint density at radius 1 is 1.16 bits per heavy atom. The topological polar surface area (TPSA) is 52.5 Å². The number of hydrogen-bond donors (Lipinski definition) is 1. The van der Waals surface area contributed by atoms with Gasteiger partial charge in [0.15, 0.2) is 11.5 Å². The van der Waals surface area contributed by atoms with Gasteiger partial charge < -0.3 is 19.4 Å². The lowest BCUT2D eigenvalue weighted by Gasteiger charge is -2.08. The molecular formula is C14H14N2O3. The maximum atomic E-state index is 11.5. The molecule has 2 heterocycles. The molecule has 5 nitrogen and oxygen atoms in total. The van der Waals surface area contributed by atoms with Crippen molar-refractivity contribution >= 4 is 5.69 Å². The minimum absolute atomic E-state index is 0.00925. The van der Waals surface area contributed by atoms with Crippen LogP contribution < -0.4 is 20.3 Å². The van der Waals surface area contributed by atoms with E-state index in [0.29, 0.717) is 13.1 Å². The third-order valence-corrected chi connectivity index (χ3v) is 2.95. The highest BCUT2D eigenvalue weighted by atomic mass is 16.7. The highest BCUT2D eigenvalue weighted by Crippen LogP contribution is 2.34. The Morgan fingerprint density at radius 3 is 2.95 bits per heavy atom. The number of hydrogen-bond acceptors (Lipinski definition) is 4. The van der Waals surface area contributed by atoms with Crippen LogP contribution in [0.4, 0.5) is 5.69 Å². The molecule has 1 aromatic carbocycles. The molecule has 0 unspecified atom stereocenters. The third-order valence-electron chi connectivity index (χ3n) is 2.95. The van der Waals surface area contributed by atoms with Gasteiger partial charge in [-0.2, -0.15) is 0 Å². The Hall–Kier alpha value is -2.43. The average Bonchev–Trinajstić information content (AvgIpc) is 2.88. The second-order valence-electron chi connectivity index (χ2n) is 4.23. The van der Waals surface area contributed by atoms with E-state index in [1.807, 2.05) is 24.3 Å².